The lowest BCUT2D eigenvalue weighted by Gasteiger charge is -2.17. The topological polar surface area (TPSA) is 64.7 Å². The van der Waals surface area contributed by atoms with Crippen LogP contribution in [0.3, 0.4) is 0 Å². The van der Waals surface area contributed by atoms with Gasteiger partial charge in [0.15, 0.2) is 0 Å². The number of hydrogen-bond acceptors (Lipinski definition) is 3. The minimum absolute atomic E-state index is 0.0643. The predicted octanol–water partition coefficient (Wildman–Crippen LogP) is 2.68. The number of benzene rings is 2. The Labute approximate surface area is 153 Å². The summed E-state index contributed by atoms with van der Waals surface area (Å²) in [6.45, 7) is 1.10. The molecular formula is C20H24N4O2. The number of amides is 3. The molecule has 2 aromatic carbocycles. The molecule has 1 aliphatic heterocycles. The Morgan fingerprint density at radius 3 is 2.46 bits per heavy atom. The van der Waals surface area contributed by atoms with Gasteiger partial charge in [-0.2, -0.15) is 0 Å². The summed E-state index contributed by atoms with van der Waals surface area (Å²) in [7, 11) is 3.93. The van der Waals surface area contributed by atoms with Crippen LogP contribution in [0, 0.1) is 0 Å². The molecule has 136 valence electrons. The summed E-state index contributed by atoms with van der Waals surface area (Å²) in [5, 5.41) is 5.70. The molecule has 6 heteroatoms. The SMILES string of the molecule is CN(C)c1ccc(NC(=O)NC2CC(=O)N(Cc3ccccc3)C2)cc1. The molecule has 1 saturated heterocycles. The third kappa shape index (κ3) is 4.53. The van der Waals surface area contributed by atoms with Crippen LogP contribution in [0.5, 0.6) is 0 Å². The van der Waals surface area contributed by atoms with E-state index < -0.39 is 0 Å². The molecular weight excluding hydrogens is 328 g/mol. The van der Waals surface area contributed by atoms with E-state index in [9.17, 15) is 9.59 Å². The average Bonchev–Trinajstić information content (AvgIpc) is 2.95. The molecule has 0 spiro atoms. The van der Waals surface area contributed by atoms with Crippen molar-refractivity contribution in [3.05, 3.63) is 60.2 Å². The van der Waals surface area contributed by atoms with E-state index in [1.54, 1.807) is 4.90 Å². The fourth-order valence-electron chi connectivity index (χ4n) is 3.02. The van der Waals surface area contributed by atoms with Crippen molar-refractivity contribution < 1.29 is 9.59 Å². The molecule has 2 aromatic rings. The largest absolute Gasteiger partial charge is 0.378 e. The van der Waals surface area contributed by atoms with E-state index in [2.05, 4.69) is 10.6 Å². The highest BCUT2D eigenvalue weighted by Crippen LogP contribution is 2.17. The van der Waals surface area contributed by atoms with E-state index in [0.717, 1.165) is 16.9 Å². The maximum atomic E-state index is 12.2. The van der Waals surface area contributed by atoms with E-state index in [0.29, 0.717) is 19.5 Å². The van der Waals surface area contributed by atoms with E-state index in [1.807, 2.05) is 73.6 Å². The van der Waals surface area contributed by atoms with Gasteiger partial charge in [-0.15, -0.1) is 0 Å². The summed E-state index contributed by atoms with van der Waals surface area (Å²) in [5.41, 5.74) is 2.87. The van der Waals surface area contributed by atoms with Crippen molar-refractivity contribution in [3.63, 3.8) is 0 Å². The maximum absolute atomic E-state index is 12.2. The zero-order valence-corrected chi connectivity index (χ0v) is 15.1. The summed E-state index contributed by atoms with van der Waals surface area (Å²) >= 11 is 0. The van der Waals surface area contributed by atoms with Gasteiger partial charge in [-0.25, -0.2) is 4.79 Å². The number of hydrogen-bond donors (Lipinski definition) is 2. The molecule has 3 rings (SSSR count). The van der Waals surface area contributed by atoms with Crippen LogP contribution in [0.1, 0.15) is 12.0 Å². The van der Waals surface area contributed by atoms with Crippen LogP contribution in [0.25, 0.3) is 0 Å². The van der Waals surface area contributed by atoms with Gasteiger partial charge >= 0.3 is 6.03 Å². The smallest absolute Gasteiger partial charge is 0.319 e. The Kier molecular flexibility index (Phi) is 5.41. The lowest BCUT2D eigenvalue weighted by molar-refractivity contribution is -0.128. The molecule has 26 heavy (non-hydrogen) atoms. The van der Waals surface area contributed by atoms with Gasteiger partial charge in [0.05, 0.1) is 6.04 Å². The van der Waals surface area contributed by atoms with Gasteiger partial charge in [0, 0.05) is 45.0 Å². The van der Waals surface area contributed by atoms with Crippen molar-refractivity contribution in [2.75, 3.05) is 30.9 Å². The zero-order valence-electron chi connectivity index (χ0n) is 15.1. The van der Waals surface area contributed by atoms with E-state index in [-0.39, 0.29) is 18.0 Å². The van der Waals surface area contributed by atoms with Crippen LogP contribution >= 0.6 is 0 Å². The first-order valence-electron chi connectivity index (χ1n) is 8.68. The van der Waals surface area contributed by atoms with Gasteiger partial charge in [-0.05, 0) is 29.8 Å². The van der Waals surface area contributed by atoms with Gasteiger partial charge in [0.25, 0.3) is 0 Å². The molecule has 6 nitrogen and oxygen atoms in total. The fourth-order valence-corrected chi connectivity index (χ4v) is 3.02. The Bertz CT molecular complexity index is 759. The quantitative estimate of drug-likeness (QED) is 0.870. The lowest BCUT2D eigenvalue weighted by Crippen LogP contribution is -2.39. The van der Waals surface area contributed by atoms with Gasteiger partial charge in [0.1, 0.15) is 0 Å². The summed E-state index contributed by atoms with van der Waals surface area (Å²) in [6, 6.07) is 17.0. The molecule has 0 aliphatic carbocycles. The first kappa shape index (κ1) is 17.8. The molecule has 2 N–H and O–H groups in total. The van der Waals surface area contributed by atoms with E-state index in [4.69, 9.17) is 0 Å². The van der Waals surface area contributed by atoms with Crippen LogP contribution in [-0.4, -0.2) is 43.5 Å². The molecule has 1 fully saturated rings. The van der Waals surface area contributed by atoms with Crippen LogP contribution in [0.2, 0.25) is 0 Å². The standard InChI is InChI=1S/C20H24N4O2/c1-23(2)18-10-8-16(9-11-18)21-20(26)22-17-12-19(25)24(14-17)13-15-6-4-3-5-7-15/h3-11,17H,12-14H2,1-2H3,(H2,21,22,26). The highest BCUT2D eigenvalue weighted by molar-refractivity contribution is 5.90. The zero-order chi connectivity index (χ0) is 18.5. The number of carbonyl (C=O) groups excluding carboxylic acids is 2. The highest BCUT2D eigenvalue weighted by Gasteiger charge is 2.30. The number of likely N-dealkylation sites (tertiary alicyclic amines) is 1. The predicted molar refractivity (Wildman–Crippen MR) is 103 cm³/mol. The molecule has 1 atom stereocenters. The fraction of sp³-hybridized carbons (Fsp3) is 0.300. The third-order valence-electron chi connectivity index (χ3n) is 4.41. The van der Waals surface area contributed by atoms with Crippen molar-refractivity contribution in [2.45, 2.75) is 19.0 Å². The van der Waals surface area contributed by atoms with Crippen molar-refractivity contribution in [2.24, 2.45) is 0 Å². The Morgan fingerprint density at radius 1 is 1.12 bits per heavy atom. The molecule has 0 bridgehead atoms. The first-order valence-corrected chi connectivity index (χ1v) is 8.68. The van der Waals surface area contributed by atoms with E-state index in [1.165, 1.54) is 0 Å². The monoisotopic (exact) mass is 352 g/mol. The number of carbonyl (C=O) groups is 2. The van der Waals surface area contributed by atoms with Gasteiger partial charge in [-0.1, -0.05) is 30.3 Å². The second-order valence-electron chi connectivity index (χ2n) is 6.70. The Morgan fingerprint density at radius 2 is 1.81 bits per heavy atom. The summed E-state index contributed by atoms with van der Waals surface area (Å²) < 4.78 is 0. The maximum Gasteiger partial charge on any atom is 0.319 e. The molecule has 1 unspecified atom stereocenters. The molecule has 0 radical (unpaired) electrons. The number of urea groups is 1. The van der Waals surface area contributed by atoms with Crippen molar-refractivity contribution >= 4 is 23.3 Å². The molecule has 0 saturated carbocycles. The molecule has 1 heterocycles. The number of rotatable bonds is 5. The first-order chi connectivity index (χ1) is 12.5. The minimum atomic E-state index is -0.290. The van der Waals surface area contributed by atoms with Crippen LogP contribution in [0.4, 0.5) is 16.2 Å². The average molecular weight is 352 g/mol. The van der Waals surface area contributed by atoms with Crippen LogP contribution in [-0.2, 0) is 11.3 Å². The minimum Gasteiger partial charge on any atom is -0.378 e. The van der Waals surface area contributed by atoms with Gasteiger partial charge in [-0.3, -0.25) is 4.79 Å². The normalized spacial score (nSPS) is 16.5. The van der Waals surface area contributed by atoms with Gasteiger partial charge < -0.3 is 20.4 Å². The molecule has 3 amide bonds. The highest BCUT2D eigenvalue weighted by atomic mass is 16.2. The second-order valence-corrected chi connectivity index (χ2v) is 6.70. The summed E-state index contributed by atoms with van der Waals surface area (Å²) in [5.74, 6) is 0.0643. The Hall–Kier alpha value is -3.02. The van der Waals surface area contributed by atoms with Crippen LogP contribution in [0.15, 0.2) is 54.6 Å². The number of anilines is 2. The third-order valence-corrected chi connectivity index (χ3v) is 4.41. The molecule has 0 aromatic heterocycles. The van der Waals surface area contributed by atoms with Crippen molar-refractivity contribution in [3.8, 4) is 0 Å². The van der Waals surface area contributed by atoms with Gasteiger partial charge in [0.2, 0.25) is 5.91 Å². The van der Waals surface area contributed by atoms with Crippen molar-refractivity contribution in [1.29, 1.82) is 0 Å². The van der Waals surface area contributed by atoms with E-state index >= 15 is 0 Å². The number of nitrogens with one attached hydrogen (secondary N) is 2. The lowest BCUT2D eigenvalue weighted by atomic mass is 10.2. The summed E-state index contributed by atoms with van der Waals surface area (Å²) in [4.78, 5) is 28.2. The number of nitrogens with zero attached hydrogens (tertiary/aromatic N) is 2. The van der Waals surface area contributed by atoms with Crippen molar-refractivity contribution in [1.82, 2.24) is 10.2 Å². The summed E-state index contributed by atoms with van der Waals surface area (Å²) in [6.07, 6.45) is 0.333. The molecule has 1 aliphatic rings. The van der Waals surface area contributed by atoms with Crippen LogP contribution < -0.4 is 15.5 Å². The Balaban J connectivity index is 1.51. The second kappa shape index (κ2) is 7.91.